The van der Waals surface area contributed by atoms with Gasteiger partial charge in [0.15, 0.2) is 11.5 Å². The smallest absolute Gasteiger partial charge is 0.180 e. The van der Waals surface area contributed by atoms with Gasteiger partial charge in [0.25, 0.3) is 0 Å². The zero-order chi connectivity index (χ0) is 14.3. The third-order valence-electron chi connectivity index (χ3n) is 3.51. The van der Waals surface area contributed by atoms with Gasteiger partial charge in [-0.05, 0) is 25.0 Å². The van der Waals surface area contributed by atoms with E-state index in [2.05, 4.69) is 4.98 Å². The molecule has 0 bridgehead atoms. The van der Waals surface area contributed by atoms with E-state index < -0.39 is 0 Å². The van der Waals surface area contributed by atoms with Crippen LogP contribution in [0.3, 0.4) is 0 Å². The predicted molar refractivity (Wildman–Crippen MR) is 78.5 cm³/mol. The van der Waals surface area contributed by atoms with Crippen LogP contribution < -0.4 is 15.2 Å². The lowest BCUT2D eigenvalue weighted by Gasteiger charge is -2.12. The van der Waals surface area contributed by atoms with E-state index in [1.54, 1.807) is 26.6 Å². The Morgan fingerprint density at radius 2 is 2.05 bits per heavy atom. The number of hydrogen-bond acceptors (Lipinski definition) is 4. The van der Waals surface area contributed by atoms with Crippen molar-refractivity contribution in [1.82, 2.24) is 9.55 Å². The summed E-state index contributed by atoms with van der Waals surface area (Å²) in [7, 11) is 3.13. The minimum Gasteiger partial charge on any atom is -0.493 e. The summed E-state index contributed by atoms with van der Waals surface area (Å²) in [6.45, 7) is 0. The zero-order valence-corrected chi connectivity index (χ0v) is 12.1. The number of hydrogen-bond donors (Lipinski definition) is 1. The van der Waals surface area contributed by atoms with Crippen LogP contribution in [0.1, 0.15) is 18.9 Å². The highest BCUT2D eigenvalue weighted by Crippen LogP contribution is 2.44. The molecule has 0 aliphatic heterocycles. The van der Waals surface area contributed by atoms with E-state index in [4.69, 9.17) is 26.8 Å². The Labute approximate surface area is 122 Å². The van der Waals surface area contributed by atoms with Crippen molar-refractivity contribution in [2.75, 3.05) is 20.0 Å². The summed E-state index contributed by atoms with van der Waals surface area (Å²) in [4.78, 5) is 4.40. The maximum atomic E-state index is 6.39. The van der Waals surface area contributed by atoms with E-state index in [1.165, 1.54) is 0 Å². The molecular formula is C14H16ClN3O2. The largest absolute Gasteiger partial charge is 0.493 e. The number of imidazole rings is 1. The number of nitrogen functional groups attached to an aromatic ring is 1. The fourth-order valence-corrected chi connectivity index (χ4v) is 2.62. The van der Waals surface area contributed by atoms with E-state index in [0.717, 1.165) is 18.4 Å². The van der Waals surface area contributed by atoms with Gasteiger partial charge in [0, 0.05) is 11.6 Å². The van der Waals surface area contributed by atoms with Gasteiger partial charge in [0.1, 0.15) is 11.5 Å². The Balaban J connectivity index is 2.10. The number of nitrogens with two attached hydrogens (primary N) is 1. The molecule has 1 aromatic heterocycles. The SMILES string of the molecule is COc1ccc(-c2ncn(C3CC3)c2N)c(Cl)c1OC. The van der Waals surface area contributed by atoms with E-state index in [1.807, 2.05) is 10.6 Å². The number of rotatable bonds is 4. The van der Waals surface area contributed by atoms with Crippen LogP contribution >= 0.6 is 11.6 Å². The average molecular weight is 294 g/mol. The van der Waals surface area contributed by atoms with Crippen molar-refractivity contribution < 1.29 is 9.47 Å². The molecule has 2 aromatic rings. The van der Waals surface area contributed by atoms with Crippen LogP contribution in [0.15, 0.2) is 18.5 Å². The standard InChI is InChI=1S/C14H16ClN3O2/c1-19-10-6-5-9(11(15)13(10)20-2)12-14(16)18(7-17-12)8-3-4-8/h5-8H,3-4,16H2,1-2H3. The molecule has 1 aromatic carbocycles. The third-order valence-corrected chi connectivity index (χ3v) is 3.89. The second kappa shape index (κ2) is 4.90. The highest BCUT2D eigenvalue weighted by Gasteiger charge is 2.27. The van der Waals surface area contributed by atoms with Crippen molar-refractivity contribution in [1.29, 1.82) is 0 Å². The molecule has 0 radical (unpaired) electrons. The average Bonchev–Trinajstić information content (AvgIpc) is 3.22. The van der Waals surface area contributed by atoms with Gasteiger partial charge in [-0.2, -0.15) is 0 Å². The number of anilines is 1. The summed E-state index contributed by atoms with van der Waals surface area (Å²) in [5, 5.41) is 0.458. The summed E-state index contributed by atoms with van der Waals surface area (Å²) < 4.78 is 12.5. The van der Waals surface area contributed by atoms with Gasteiger partial charge in [0.2, 0.25) is 0 Å². The first-order valence-corrected chi connectivity index (χ1v) is 6.78. The minimum atomic E-state index is 0.458. The van der Waals surface area contributed by atoms with Gasteiger partial charge in [0.05, 0.1) is 25.6 Å². The van der Waals surface area contributed by atoms with E-state index in [9.17, 15) is 0 Å². The van der Waals surface area contributed by atoms with Crippen LogP contribution in [0, 0.1) is 0 Å². The number of methoxy groups -OCH3 is 2. The van der Waals surface area contributed by atoms with Gasteiger partial charge in [-0.25, -0.2) is 4.98 Å². The van der Waals surface area contributed by atoms with Crippen LogP contribution in [0.25, 0.3) is 11.3 Å². The summed E-state index contributed by atoms with van der Waals surface area (Å²) in [5.41, 5.74) is 7.61. The lowest BCUT2D eigenvalue weighted by Crippen LogP contribution is -2.00. The Morgan fingerprint density at radius 1 is 1.30 bits per heavy atom. The van der Waals surface area contributed by atoms with Gasteiger partial charge in [-0.15, -0.1) is 0 Å². The topological polar surface area (TPSA) is 62.3 Å². The maximum absolute atomic E-state index is 6.39. The molecule has 0 amide bonds. The summed E-state index contributed by atoms with van der Waals surface area (Å²) in [6, 6.07) is 4.13. The Morgan fingerprint density at radius 3 is 2.65 bits per heavy atom. The minimum absolute atomic E-state index is 0.458. The Bertz CT molecular complexity index is 650. The molecule has 0 atom stereocenters. The predicted octanol–water partition coefficient (Wildman–Crippen LogP) is 3.14. The first kappa shape index (κ1) is 13.1. The van der Waals surface area contributed by atoms with E-state index >= 15 is 0 Å². The molecule has 5 nitrogen and oxygen atoms in total. The van der Waals surface area contributed by atoms with Crippen LogP contribution in [0.5, 0.6) is 11.5 Å². The van der Waals surface area contributed by atoms with Crippen molar-refractivity contribution in [2.24, 2.45) is 0 Å². The van der Waals surface area contributed by atoms with Gasteiger partial charge in [-0.1, -0.05) is 11.6 Å². The number of ether oxygens (including phenoxy) is 2. The van der Waals surface area contributed by atoms with Crippen molar-refractivity contribution in [3.8, 4) is 22.8 Å². The van der Waals surface area contributed by atoms with Crippen LogP contribution in [0.2, 0.25) is 5.02 Å². The van der Waals surface area contributed by atoms with Gasteiger partial charge < -0.3 is 19.8 Å². The molecule has 2 N–H and O–H groups in total. The lowest BCUT2D eigenvalue weighted by molar-refractivity contribution is 0.355. The zero-order valence-electron chi connectivity index (χ0n) is 11.4. The fraction of sp³-hybridized carbons (Fsp3) is 0.357. The van der Waals surface area contributed by atoms with Gasteiger partial charge in [-0.3, -0.25) is 0 Å². The third kappa shape index (κ3) is 1.98. The number of benzene rings is 1. The normalized spacial score (nSPS) is 14.3. The second-order valence-corrected chi connectivity index (χ2v) is 5.16. The molecule has 1 aliphatic carbocycles. The summed E-state index contributed by atoms with van der Waals surface area (Å²) in [5.74, 6) is 1.72. The molecular weight excluding hydrogens is 278 g/mol. The molecule has 0 spiro atoms. The molecule has 1 aliphatic rings. The molecule has 6 heteroatoms. The first-order chi connectivity index (χ1) is 9.67. The van der Waals surface area contributed by atoms with Crippen molar-refractivity contribution in [3.05, 3.63) is 23.5 Å². The summed E-state index contributed by atoms with van der Waals surface area (Å²) >= 11 is 6.39. The van der Waals surface area contributed by atoms with Gasteiger partial charge >= 0.3 is 0 Å². The fourth-order valence-electron chi connectivity index (χ4n) is 2.29. The highest BCUT2D eigenvalue weighted by molar-refractivity contribution is 6.35. The van der Waals surface area contributed by atoms with Crippen molar-refractivity contribution >= 4 is 17.4 Å². The van der Waals surface area contributed by atoms with E-state index in [0.29, 0.717) is 34.1 Å². The molecule has 20 heavy (non-hydrogen) atoms. The molecule has 1 heterocycles. The molecule has 3 rings (SSSR count). The number of nitrogens with zero attached hydrogens (tertiary/aromatic N) is 2. The maximum Gasteiger partial charge on any atom is 0.180 e. The molecule has 1 saturated carbocycles. The summed E-state index contributed by atoms with van der Waals surface area (Å²) in [6.07, 6.45) is 4.08. The molecule has 106 valence electrons. The Hall–Kier alpha value is -1.88. The number of aromatic nitrogens is 2. The number of halogens is 1. The van der Waals surface area contributed by atoms with Crippen molar-refractivity contribution in [3.63, 3.8) is 0 Å². The highest BCUT2D eigenvalue weighted by atomic mass is 35.5. The van der Waals surface area contributed by atoms with Crippen LogP contribution in [-0.2, 0) is 0 Å². The molecule has 0 saturated heterocycles. The lowest BCUT2D eigenvalue weighted by atomic mass is 10.1. The van der Waals surface area contributed by atoms with Crippen LogP contribution in [0.4, 0.5) is 5.82 Å². The van der Waals surface area contributed by atoms with Crippen LogP contribution in [-0.4, -0.2) is 23.8 Å². The van der Waals surface area contributed by atoms with E-state index in [-0.39, 0.29) is 0 Å². The molecule has 0 unspecified atom stereocenters. The molecule has 1 fully saturated rings. The quantitative estimate of drug-likeness (QED) is 0.940. The monoisotopic (exact) mass is 293 g/mol. The van der Waals surface area contributed by atoms with Crippen molar-refractivity contribution in [2.45, 2.75) is 18.9 Å². The first-order valence-electron chi connectivity index (χ1n) is 6.40. The second-order valence-electron chi connectivity index (χ2n) is 4.78. The Kier molecular flexibility index (Phi) is 3.22.